The highest BCUT2D eigenvalue weighted by molar-refractivity contribution is 5.90. The minimum atomic E-state index is -4.44. The molecule has 1 unspecified atom stereocenters. The van der Waals surface area contributed by atoms with E-state index in [1.807, 2.05) is 4.90 Å². The quantitative estimate of drug-likeness (QED) is 0.733. The number of nitrogens with zero attached hydrogens (tertiary/aromatic N) is 6. The van der Waals surface area contributed by atoms with E-state index >= 15 is 0 Å². The number of hydrogen-bond acceptors (Lipinski definition) is 6. The minimum Gasteiger partial charge on any atom is -0.364 e. The molecule has 3 aromatic rings. The summed E-state index contributed by atoms with van der Waals surface area (Å²) in [4.78, 5) is 13.1. The molecular weight excluding hydrogens is 375 g/mol. The third-order valence-corrected chi connectivity index (χ3v) is 4.77. The molecule has 1 aliphatic heterocycles. The van der Waals surface area contributed by atoms with Crippen molar-refractivity contribution in [3.8, 4) is 0 Å². The third-order valence-electron chi connectivity index (χ3n) is 4.77. The van der Waals surface area contributed by atoms with Gasteiger partial charge in [-0.05, 0) is 37.1 Å². The molecule has 0 saturated carbocycles. The Bertz CT molecular complexity index is 1020. The van der Waals surface area contributed by atoms with Crippen LogP contribution in [0.25, 0.3) is 5.65 Å². The number of hydrogen-bond donors (Lipinski definition) is 1. The van der Waals surface area contributed by atoms with Gasteiger partial charge in [0.2, 0.25) is 0 Å². The molecule has 1 saturated heterocycles. The summed E-state index contributed by atoms with van der Waals surface area (Å²) in [6.07, 6.45) is -1.84. The number of carbonyl (C=O) groups is 1. The molecule has 146 valence electrons. The van der Waals surface area contributed by atoms with Crippen LogP contribution in [0, 0.1) is 0 Å². The molecule has 0 aliphatic carbocycles. The molecule has 1 atom stereocenters. The average Bonchev–Trinajstić information content (AvgIpc) is 3.11. The van der Waals surface area contributed by atoms with Crippen molar-refractivity contribution in [3.05, 3.63) is 47.5 Å². The Morgan fingerprint density at radius 2 is 1.93 bits per heavy atom. The smallest absolute Gasteiger partial charge is 0.364 e. The highest BCUT2D eigenvalue weighted by Crippen LogP contribution is 2.32. The largest absolute Gasteiger partial charge is 0.417 e. The van der Waals surface area contributed by atoms with E-state index in [1.165, 1.54) is 16.5 Å². The number of alkyl halides is 3. The van der Waals surface area contributed by atoms with Crippen molar-refractivity contribution in [1.29, 1.82) is 0 Å². The number of primary amides is 1. The van der Waals surface area contributed by atoms with Crippen LogP contribution in [0.3, 0.4) is 0 Å². The molecule has 8 nitrogen and oxygen atoms in total. The highest BCUT2D eigenvalue weighted by atomic mass is 19.4. The maximum atomic E-state index is 13.1. The zero-order valence-electron chi connectivity index (χ0n) is 14.6. The van der Waals surface area contributed by atoms with Crippen molar-refractivity contribution in [2.24, 2.45) is 5.73 Å². The molecule has 0 bridgehead atoms. The Morgan fingerprint density at radius 1 is 1.11 bits per heavy atom. The normalized spacial score (nSPS) is 17.8. The lowest BCUT2D eigenvalue weighted by molar-refractivity contribution is -0.137. The van der Waals surface area contributed by atoms with Crippen LogP contribution in [0.1, 0.15) is 40.6 Å². The third kappa shape index (κ3) is 3.35. The molecule has 0 aromatic carbocycles. The standard InChI is InChI=1S/C17H16F3N7O/c18-17(19,20)11-3-5-14-24-25-16(27(14)9-11)10-2-1-7-26(8-10)13-6-4-12(15(21)28)22-23-13/h3-6,9-10H,1-2,7-8H2,(H2,21,28). The van der Waals surface area contributed by atoms with Crippen molar-refractivity contribution in [3.63, 3.8) is 0 Å². The van der Waals surface area contributed by atoms with E-state index in [0.717, 1.165) is 25.1 Å². The van der Waals surface area contributed by atoms with Crippen LogP contribution in [0.4, 0.5) is 19.0 Å². The number of fused-ring (bicyclic) bond motifs is 1. The van der Waals surface area contributed by atoms with Gasteiger partial charge in [-0.25, -0.2) is 0 Å². The summed E-state index contributed by atoms with van der Waals surface area (Å²) in [6.45, 7) is 1.22. The van der Waals surface area contributed by atoms with E-state index in [2.05, 4.69) is 20.4 Å². The van der Waals surface area contributed by atoms with E-state index in [9.17, 15) is 18.0 Å². The second kappa shape index (κ2) is 6.73. The Hall–Kier alpha value is -3.24. The van der Waals surface area contributed by atoms with Crippen LogP contribution in [-0.2, 0) is 6.18 Å². The lowest BCUT2D eigenvalue weighted by atomic mass is 9.97. The number of rotatable bonds is 3. The van der Waals surface area contributed by atoms with Crippen molar-refractivity contribution < 1.29 is 18.0 Å². The van der Waals surface area contributed by atoms with E-state index < -0.39 is 17.6 Å². The van der Waals surface area contributed by atoms with Crippen molar-refractivity contribution >= 4 is 17.4 Å². The molecule has 28 heavy (non-hydrogen) atoms. The second-order valence-electron chi connectivity index (χ2n) is 6.63. The maximum Gasteiger partial charge on any atom is 0.417 e. The van der Waals surface area contributed by atoms with Gasteiger partial charge < -0.3 is 10.6 Å². The summed E-state index contributed by atoms with van der Waals surface area (Å²) in [5, 5.41) is 16.0. The molecule has 2 N–H and O–H groups in total. The predicted octanol–water partition coefficient (Wildman–Crippen LogP) is 2.02. The number of carbonyl (C=O) groups excluding carboxylic acids is 1. The van der Waals surface area contributed by atoms with Gasteiger partial charge in [-0.2, -0.15) is 13.2 Å². The average molecular weight is 391 g/mol. The Labute approximate surface area is 157 Å². The fourth-order valence-electron chi connectivity index (χ4n) is 3.38. The lowest BCUT2D eigenvalue weighted by Crippen LogP contribution is -2.36. The highest BCUT2D eigenvalue weighted by Gasteiger charge is 2.32. The van der Waals surface area contributed by atoms with Gasteiger partial charge in [0.15, 0.2) is 17.2 Å². The molecule has 0 radical (unpaired) electrons. The van der Waals surface area contributed by atoms with Gasteiger partial charge in [-0.1, -0.05) is 0 Å². The van der Waals surface area contributed by atoms with Gasteiger partial charge in [0.25, 0.3) is 5.91 Å². The van der Waals surface area contributed by atoms with Crippen molar-refractivity contribution in [1.82, 2.24) is 24.8 Å². The summed E-state index contributed by atoms with van der Waals surface area (Å²) in [7, 11) is 0. The van der Waals surface area contributed by atoms with Gasteiger partial charge in [-0.3, -0.25) is 9.20 Å². The maximum absolute atomic E-state index is 13.1. The Kier molecular flexibility index (Phi) is 4.36. The summed E-state index contributed by atoms with van der Waals surface area (Å²) in [5.41, 5.74) is 4.86. The predicted molar refractivity (Wildman–Crippen MR) is 92.7 cm³/mol. The van der Waals surface area contributed by atoms with Gasteiger partial charge in [0, 0.05) is 25.2 Å². The van der Waals surface area contributed by atoms with E-state index in [0.29, 0.717) is 30.4 Å². The Morgan fingerprint density at radius 3 is 2.61 bits per heavy atom. The van der Waals surface area contributed by atoms with Crippen molar-refractivity contribution in [2.45, 2.75) is 24.9 Å². The van der Waals surface area contributed by atoms with Gasteiger partial charge >= 0.3 is 6.18 Å². The van der Waals surface area contributed by atoms with Crippen LogP contribution in [0.15, 0.2) is 30.5 Å². The minimum absolute atomic E-state index is 0.0699. The molecule has 1 aliphatic rings. The molecule has 4 heterocycles. The number of amides is 1. The SMILES string of the molecule is NC(=O)c1ccc(N2CCCC(c3nnc4ccc(C(F)(F)F)cn34)C2)nn1. The molecule has 4 rings (SSSR count). The van der Waals surface area contributed by atoms with Gasteiger partial charge in [0.1, 0.15) is 5.82 Å². The zero-order chi connectivity index (χ0) is 19.9. The number of pyridine rings is 1. The fraction of sp³-hybridized carbons (Fsp3) is 0.353. The zero-order valence-corrected chi connectivity index (χ0v) is 14.6. The molecule has 0 spiro atoms. The first-order valence-electron chi connectivity index (χ1n) is 8.63. The monoisotopic (exact) mass is 391 g/mol. The number of aromatic nitrogens is 5. The van der Waals surface area contributed by atoms with Crippen LogP contribution in [0.2, 0.25) is 0 Å². The van der Waals surface area contributed by atoms with E-state index in [4.69, 9.17) is 5.73 Å². The number of nitrogens with two attached hydrogens (primary N) is 1. The van der Waals surface area contributed by atoms with Crippen LogP contribution in [-0.4, -0.2) is 43.8 Å². The van der Waals surface area contributed by atoms with Crippen molar-refractivity contribution in [2.75, 3.05) is 18.0 Å². The first-order valence-corrected chi connectivity index (χ1v) is 8.63. The second-order valence-corrected chi connectivity index (χ2v) is 6.63. The van der Waals surface area contributed by atoms with E-state index in [-0.39, 0.29) is 11.6 Å². The molecule has 11 heteroatoms. The fourth-order valence-corrected chi connectivity index (χ4v) is 3.38. The van der Waals surface area contributed by atoms with E-state index in [1.54, 1.807) is 6.07 Å². The van der Waals surface area contributed by atoms with Gasteiger partial charge in [0.05, 0.1) is 5.56 Å². The summed E-state index contributed by atoms with van der Waals surface area (Å²) in [6, 6.07) is 5.46. The first kappa shape index (κ1) is 18.1. The molecule has 1 amide bonds. The Balaban J connectivity index is 1.61. The molecule has 1 fully saturated rings. The first-order chi connectivity index (χ1) is 13.3. The summed E-state index contributed by atoms with van der Waals surface area (Å²) < 4.78 is 40.6. The lowest BCUT2D eigenvalue weighted by Gasteiger charge is -2.32. The number of piperidine rings is 1. The number of anilines is 1. The molecular formula is C17H16F3N7O. The molecule has 3 aromatic heterocycles. The summed E-state index contributed by atoms with van der Waals surface area (Å²) >= 11 is 0. The number of halogens is 3. The van der Waals surface area contributed by atoms with Crippen LogP contribution in [0.5, 0.6) is 0 Å². The topological polar surface area (TPSA) is 102 Å². The summed E-state index contributed by atoms with van der Waals surface area (Å²) in [5.74, 6) is 0.267. The van der Waals surface area contributed by atoms with Gasteiger partial charge in [-0.15, -0.1) is 20.4 Å². The van der Waals surface area contributed by atoms with Crippen LogP contribution < -0.4 is 10.6 Å². The van der Waals surface area contributed by atoms with Crippen LogP contribution >= 0.6 is 0 Å².